The average Bonchev–Trinajstić information content (AvgIpc) is 3.43. The summed E-state index contributed by atoms with van der Waals surface area (Å²) in [6, 6.07) is 21.6. The van der Waals surface area contributed by atoms with Crippen molar-refractivity contribution in [2.24, 2.45) is 0 Å². The standard InChI is InChI=1S/C35H35N7O/c1-21(2)35-41-32(33-34(37)39-20-30(42(33)35)23-11-14-25(38-3)15-12-23)29-16-13-24(27-9-4-5-10-28(27)29)18-31(43)40-26-8-6-7-22(17-26)19-36/h4-11,13,16-17,20-21,25,38H,12,14-15,18H2,1-3H3,(H2,37,39)(H,40,43). The topological polar surface area (TPSA) is 121 Å². The molecule has 0 fully saturated rings. The van der Waals surface area contributed by atoms with Gasteiger partial charge in [-0.05, 0) is 66.4 Å². The van der Waals surface area contributed by atoms with E-state index in [4.69, 9.17) is 10.7 Å². The van der Waals surface area contributed by atoms with E-state index in [0.29, 0.717) is 23.1 Å². The summed E-state index contributed by atoms with van der Waals surface area (Å²) in [6.07, 6.45) is 7.38. The molecule has 0 bridgehead atoms. The lowest BCUT2D eigenvalue weighted by molar-refractivity contribution is -0.115. The zero-order valence-electron chi connectivity index (χ0n) is 24.7. The van der Waals surface area contributed by atoms with Gasteiger partial charge in [0.15, 0.2) is 0 Å². The largest absolute Gasteiger partial charge is 0.382 e. The number of carbonyl (C=O) groups is 1. The Morgan fingerprint density at radius 3 is 2.67 bits per heavy atom. The predicted molar refractivity (Wildman–Crippen MR) is 173 cm³/mol. The highest BCUT2D eigenvalue weighted by atomic mass is 16.1. The molecule has 3 aromatic carbocycles. The summed E-state index contributed by atoms with van der Waals surface area (Å²) >= 11 is 0. The van der Waals surface area contributed by atoms with Gasteiger partial charge < -0.3 is 16.4 Å². The molecule has 0 radical (unpaired) electrons. The average molecular weight is 570 g/mol. The molecule has 8 heteroatoms. The van der Waals surface area contributed by atoms with Crippen LogP contribution in [0.3, 0.4) is 0 Å². The van der Waals surface area contributed by atoms with Gasteiger partial charge >= 0.3 is 0 Å². The smallest absolute Gasteiger partial charge is 0.228 e. The number of carbonyl (C=O) groups excluding carboxylic acids is 1. The first-order chi connectivity index (χ1) is 20.9. The molecular weight excluding hydrogens is 534 g/mol. The summed E-state index contributed by atoms with van der Waals surface area (Å²) < 4.78 is 2.21. The van der Waals surface area contributed by atoms with Crippen molar-refractivity contribution in [1.82, 2.24) is 19.7 Å². The number of anilines is 2. The molecule has 1 aliphatic carbocycles. The fourth-order valence-electron chi connectivity index (χ4n) is 6.06. The molecular formula is C35H35N7O. The Kier molecular flexibility index (Phi) is 7.66. The SMILES string of the molecule is CNC1CC=C(c2cnc(N)c3c(-c4ccc(CC(=O)Nc5cccc(C#N)c5)c5ccccc45)nc(C(C)C)n23)CC1. The number of hydrogen-bond acceptors (Lipinski definition) is 6. The van der Waals surface area contributed by atoms with Crippen molar-refractivity contribution in [1.29, 1.82) is 5.26 Å². The molecule has 8 nitrogen and oxygen atoms in total. The van der Waals surface area contributed by atoms with E-state index in [1.54, 1.807) is 24.3 Å². The second-order valence-corrected chi connectivity index (χ2v) is 11.4. The second-order valence-electron chi connectivity index (χ2n) is 11.4. The van der Waals surface area contributed by atoms with Gasteiger partial charge in [-0.2, -0.15) is 5.26 Å². The summed E-state index contributed by atoms with van der Waals surface area (Å²) in [5.41, 5.74) is 13.5. The van der Waals surface area contributed by atoms with Gasteiger partial charge in [0.05, 0.1) is 29.9 Å². The zero-order valence-corrected chi connectivity index (χ0v) is 24.7. The maximum atomic E-state index is 13.1. The summed E-state index contributed by atoms with van der Waals surface area (Å²) in [5, 5.41) is 17.5. The Labute approximate surface area is 251 Å². The number of nitrogens with one attached hydrogen (secondary N) is 2. The van der Waals surface area contributed by atoms with Crippen LogP contribution in [0.5, 0.6) is 0 Å². The maximum absolute atomic E-state index is 13.1. The van der Waals surface area contributed by atoms with Crippen molar-refractivity contribution in [3.63, 3.8) is 0 Å². The van der Waals surface area contributed by atoms with E-state index >= 15 is 0 Å². The predicted octanol–water partition coefficient (Wildman–Crippen LogP) is 6.46. The molecule has 1 unspecified atom stereocenters. The molecule has 216 valence electrons. The van der Waals surface area contributed by atoms with E-state index in [9.17, 15) is 10.1 Å². The Balaban J connectivity index is 1.44. The van der Waals surface area contributed by atoms with Crippen molar-refractivity contribution in [3.05, 3.63) is 95.6 Å². The molecule has 2 aromatic heterocycles. The number of nitrogens with two attached hydrogens (primary N) is 1. The van der Waals surface area contributed by atoms with Crippen molar-refractivity contribution >= 4 is 39.3 Å². The molecule has 1 amide bonds. The molecule has 1 atom stereocenters. The Morgan fingerprint density at radius 1 is 1.14 bits per heavy atom. The molecule has 6 rings (SSSR count). The highest BCUT2D eigenvalue weighted by molar-refractivity contribution is 6.04. The van der Waals surface area contributed by atoms with E-state index in [2.05, 4.69) is 52.1 Å². The first kappa shape index (κ1) is 28.1. The van der Waals surface area contributed by atoms with Crippen molar-refractivity contribution in [3.8, 4) is 17.3 Å². The zero-order chi connectivity index (χ0) is 30.1. The third-order valence-corrected chi connectivity index (χ3v) is 8.27. The highest BCUT2D eigenvalue weighted by Crippen LogP contribution is 2.38. The van der Waals surface area contributed by atoms with Crippen LogP contribution >= 0.6 is 0 Å². The second kappa shape index (κ2) is 11.7. The van der Waals surface area contributed by atoms with E-state index in [1.807, 2.05) is 43.6 Å². The van der Waals surface area contributed by atoms with Crippen molar-refractivity contribution < 1.29 is 4.79 Å². The molecule has 0 saturated heterocycles. The van der Waals surface area contributed by atoms with Gasteiger partial charge in [0.1, 0.15) is 22.9 Å². The number of fused-ring (bicyclic) bond motifs is 2. The number of allylic oxidation sites excluding steroid dienone is 1. The summed E-state index contributed by atoms with van der Waals surface area (Å²) in [7, 11) is 2.02. The van der Waals surface area contributed by atoms with Crippen molar-refractivity contribution in [2.45, 2.75) is 51.5 Å². The third-order valence-electron chi connectivity index (χ3n) is 8.27. The van der Waals surface area contributed by atoms with Gasteiger partial charge in [0, 0.05) is 23.2 Å². The van der Waals surface area contributed by atoms with Gasteiger partial charge in [-0.3, -0.25) is 9.20 Å². The van der Waals surface area contributed by atoms with Gasteiger partial charge in [-0.15, -0.1) is 0 Å². The molecule has 0 spiro atoms. The minimum Gasteiger partial charge on any atom is -0.382 e. The fraction of sp³-hybridized carbons (Fsp3) is 0.257. The Hall–Kier alpha value is -5.00. The molecule has 4 N–H and O–H groups in total. The highest BCUT2D eigenvalue weighted by Gasteiger charge is 2.25. The van der Waals surface area contributed by atoms with E-state index in [-0.39, 0.29) is 18.2 Å². The lowest BCUT2D eigenvalue weighted by Gasteiger charge is -2.22. The number of nitrogens with zero attached hydrogens (tertiary/aromatic N) is 4. The first-order valence-electron chi connectivity index (χ1n) is 14.7. The Bertz CT molecular complexity index is 1930. The molecule has 0 aliphatic heterocycles. The number of hydrogen-bond donors (Lipinski definition) is 3. The minimum absolute atomic E-state index is 0.151. The Morgan fingerprint density at radius 2 is 1.95 bits per heavy atom. The molecule has 0 saturated carbocycles. The quantitative estimate of drug-likeness (QED) is 0.207. The van der Waals surface area contributed by atoms with Gasteiger partial charge in [-0.1, -0.05) is 62.4 Å². The van der Waals surface area contributed by atoms with Crippen LogP contribution in [0.2, 0.25) is 0 Å². The number of amides is 1. The van der Waals surface area contributed by atoms with Crippen molar-refractivity contribution in [2.75, 3.05) is 18.1 Å². The molecule has 5 aromatic rings. The van der Waals surface area contributed by atoms with Crippen LogP contribution in [-0.4, -0.2) is 33.4 Å². The number of imidazole rings is 1. The monoisotopic (exact) mass is 569 g/mol. The fourth-order valence-corrected chi connectivity index (χ4v) is 6.06. The summed E-state index contributed by atoms with van der Waals surface area (Å²) in [4.78, 5) is 22.9. The number of rotatable bonds is 7. The first-order valence-corrected chi connectivity index (χ1v) is 14.7. The number of nitrogen functional groups attached to an aromatic ring is 1. The minimum atomic E-state index is -0.151. The van der Waals surface area contributed by atoms with Gasteiger partial charge in [0.2, 0.25) is 5.91 Å². The lowest BCUT2D eigenvalue weighted by atomic mass is 9.93. The normalized spacial score (nSPS) is 15.0. The molecule has 2 heterocycles. The van der Waals surface area contributed by atoms with Crippen LogP contribution in [0.4, 0.5) is 11.5 Å². The molecule has 1 aliphatic rings. The van der Waals surface area contributed by atoms with Crippen LogP contribution in [0.25, 0.3) is 33.1 Å². The van der Waals surface area contributed by atoms with E-state index in [0.717, 1.165) is 63.9 Å². The van der Waals surface area contributed by atoms with Crippen LogP contribution in [0.15, 0.2) is 72.9 Å². The number of benzene rings is 3. The summed E-state index contributed by atoms with van der Waals surface area (Å²) in [6.45, 7) is 4.30. The number of nitriles is 1. The van der Waals surface area contributed by atoms with E-state index in [1.165, 1.54) is 5.57 Å². The molecule has 43 heavy (non-hydrogen) atoms. The number of aromatic nitrogens is 3. The summed E-state index contributed by atoms with van der Waals surface area (Å²) in [5.74, 6) is 1.39. The van der Waals surface area contributed by atoms with E-state index < -0.39 is 0 Å². The van der Waals surface area contributed by atoms with Gasteiger partial charge in [-0.25, -0.2) is 9.97 Å². The lowest BCUT2D eigenvalue weighted by Crippen LogP contribution is -2.26. The van der Waals surface area contributed by atoms with Crippen LogP contribution < -0.4 is 16.4 Å². The van der Waals surface area contributed by atoms with Crippen LogP contribution in [0.1, 0.15) is 61.7 Å². The van der Waals surface area contributed by atoms with Crippen LogP contribution in [0, 0.1) is 11.3 Å². The maximum Gasteiger partial charge on any atom is 0.228 e. The van der Waals surface area contributed by atoms with Crippen LogP contribution in [-0.2, 0) is 11.2 Å². The van der Waals surface area contributed by atoms with Gasteiger partial charge in [0.25, 0.3) is 0 Å². The third kappa shape index (κ3) is 5.36.